The number of aromatic nitrogens is 2. The fraction of sp³-hybridized carbons (Fsp3) is 0.424. The molecule has 0 aliphatic rings. The number of anilines is 1. The number of nitrogens with zero attached hydrogens (tertiary/aromatic N) is 1. The molecule has 0 aliphatic carbocycles. The van der Waals surface area contributed by atoms with Crippen LogP contribution < -0.4 is 32.2 Å². The van der Waals surface area contributed by atoms with Gasteiger partial charge in [0, 0.05) is 54.9 Å². The zero-order valence-corrected chi connectivity index (χ0v) is 28.4. The third kappa shape index (κ3) is 12.4. The Morgan fingerprint density at radius 2 is 1.49 bits per heavy atom. The van der Waals surface area contributed by atoms with Crippen LogP contribution in [0.4, 0.5) is 5.69 Å². The minimum atomic E-state index is -1.66. The van der Waals surface area contributed by atoms with E-state index in [1.54, 1.807) is 13.0 Å². The SMILES string of the molecule is CC(=O)N[C@H](CC(C)C)C(=O)N[C@H](CCC(=O)O)C(=O)N[C@H](Cc1cnc[nH]1)C(=O)N[C@H](CC(=O)O)C(=O)Nc1ccc2c(C)cc(=O)oc2c1. The molecule has 0 unspecified atom stereocenters. The Balaban J connectivity index is 1.85. The van der Waals surface area contributed by atoms with Crippen molar-refractivity contribution in [2.75, 3.05) is 5.32 Å². The smallest absolute Gasteiger partial charge is 0.336 e. The van der Waals surface area contributed by atoms with E-state index in [9.17, 15) is 48.6 Å². The van der Waals surface area contributed by atoms with Crippen molar-refractivity contribution in [1.29, 1.82) is 0 Å². The fourth-order valence-corrected chi connectivity index (χ4v) is 5.14. The number of aliphatic carboxylic acids is 2. The number of carbonyl (C=O) groups is 7. The van der Waals surface area contributed by atoms with Crippen molar-refractivity contribution >= 4 is 58.1 Å². The van der Waals surface area contributed by atoms with E-state index in [2.05, 4.69) is 36.6 Å². The Hall–Kier alpha value is -6.07. The normalized spacial score (nSPS) is 13.4. The molecule has 2 aromatic heterocycles. The molecular formula is C33H41N7O11. The number of benzene rings is 1. The number of fused-ring (bicyclic) bond motifs is 1. The molecular weight excluding hydrogens is 670 g/mol. The number of aryl methyl sites for hydroxylation is 1. The number of H-pyrrole nitrogens is 1. The second-order valence-corrected chi connectivity index (χ2v) is 12.3. The molecule has 0 spiro atoms. The van der Waals surface area contributed by atoms with E-state index in [4.69, 9.17) is 4.42 Å². The summed E-state index contributed by atoms with van der Waals surface area (Å²) in [6.45, 7) is 6.55. The largest absolute Gasteiger partial charge is 0.481 e. The van der Waals surface area contributed by atoms with E-state index < -0.39 is 84.1 Å². The number of amides is 5. The highest BCUT2D eigenvalue weighted by atomic mass is 16.4. The summed E-state index contributed by atoms with van der Waals surface area (Å²) in [5.41, 5.74) is 0.679. The number of aromatic amines is 1. The monoisotopic (exact) mass is 711 g/mol. The number of nitrogens with one attached hydrogen (secondary N) is 6. The van der Waals surface area contributed by atoms with Crippen LogP contribution in [0.3, 0.4) is 0 Å². The van der Waals surface area contributed by atoms with Gasteiger partial charge in [-0.2, -0.15) is 0 Å². The molecule has 0 fully saturated rings. The molecule has 4 atom stereocenters. The van der Waals surface area contributed by atoms with E-state index in [1.165, 1.54) is 37.6 Å². The van der Waals surface area contributed by atoms with Gasteiger partial charge >= 0.3 is 17.6 Å². The van der Waals surface area contributed by atoms with Crippen LogP contribution in [0.1, 0.15) is 57.7 Å². The maximum atomic E-state index is 13.7. The Labute approximate surface area is 291 Å². The first-order chi connectivity index (χ1) is 24.0. The van der Waals surface area contributed by atoms with Gasteiger partial charge in [-0.3, -0.25) is 33.6 Å². The van der Waals surface area contributed by atoms with Gasteiger partial charge in [0.2, 0.25) is 29.5 Å². The highest BCUT2D eigenvalue weighted by molar-refractivity contribution is 6.01. The maximum Gasteiger partial charge on any atom is 0.336 e. The quantitative estimate of drug-likeness (QED) is 0.0830. The average molecular weight is 712 g/mol. The molecule has 0 aliphatic heterocycles. The highest BCUT2D eigenvalue weighted by Gasteiger charge is 2.33. The number of carbonyl (C=O) groups excluding carboxylic acids is 5. The molecule has 51 heavy (non-hydrogen) atoms. The molecule has 0 saturated heterocycles. The lowest BCUT2D eigenvalue weighted by molar-refractivity contribution is -0.140. The van der Waals surface area contributed by atoms with Gasteiger partial charge in [-0.05, 0) is 43.4 Å². The van der Waals surface area contributed by atoms with Gasteiger partial charge in [0.25, 0.3) is 0 Å². The van der Waals surface area contributed by atoms with Gasteiger partial charge in [-0.1, -0.05) is 13.8 Å². The number of imidazole rings is 1. The van der Waals surface area contributed by atoms with E-state index in [0.717, 1.165) is 0 Å². The van der Waals surface area contributed by atoms with E-state index >= 15 is 0 Å². The van der Waals surface area contributed by atoms with E-state index in [0.29, 0.717) is 16.6 Å². The highest BCUT2D eigenvalue weighted by Crippen LogP contribution is 2.21. The summed E-state index contributed by atoms with van der Waals surface area (Å²) in [4.78, 5) is 107. The summed E-state index contributed by atoms with van der Waals surface area (Å²) in [6.07, 6.45) is 0.877. The van der Waals surface area contributed by atoms with Gasteiger partial charge < -0.3 is 46.2 Å². The molecule has 274 valence electrons. The molecule has 5 amide bonds. The second kappa shape index (κ2) is 18.1. The van der Waals surface area contributed by atoms with Gasteiger partial charge in [0.15, 0.2) is 0 Å². The van der Waals surface area contributed by atoms with Crippen LogP contribution in [0, 0.1) is 12.8 Å². The first-order valence-corrected chi connectivity index (χ1v) is 16.0. The molecule has 8 N–H and O–H groups in total. The first-order valence-electron chi connectivity index (χ1n) is 16.0. The number of carboxylic acids is 2. The Morgan fingerprint density at radius 3 is 2.10 bits per heavy atom. The second-order valence-electron chi connectivity index (χ2n) is 12.3. The first kappa shape index (κ1) is 39.4. The average Bonchev–Trinajstić information content (AvgIpc) is 3.54. The predicted molar refractivity (Wildman–Crippen MR) is 180 cm³/mol. The third-order valence-corrected chi connectivity index (χ3v) is 7.52. The summed E-state index contributed by atoms with van der Waals surface area (Å²) < 4.78 is 5.20. The summed E-state index contributed by atoms with van der Waals surface area (Å²) in [7, 11) is 0. The van der Waals surface area contributed by atoms with Crippen molar-refractivity contribution in [2.45, 2.75) is 84.0 Å². The number of hydrogen-bond acceptors (Lipinski definition) is 10. The van der Waals surface area contributed by atoms with Crippen LogP contribution in [0.2, 0.25) is 0 Å². The lowest BCUT2D eigenvalue weighted by atomic mass is 10.0. The predicted octanol–water partition coefficient (Wildman–Crippen LogP) is 0.350. The van der Waals surface area contributed by atoms with E-state index in [1.807, 2.05) is 13.8 Å². The van der Waals surface area contributed by atoms with Crippen molar-refractivity contribution in [3.8, 4) is 0 Å². The zero-order chi connectivity index (χ0) is 37.8. The summed E-state index contributed by atoms with van der Waals surface area (Å²) >= 11 is 0. The van der Waals surface area contributed by atoms with Crippen molar-refractivity contribution < 1.29 is 48.2 Å². The third-order valence-electron chi connectivity index (χ3n) is 7.52. The number of rotatable bonds is 18. The van der Waals surface area contributed by atoms with Crippen molar-refractivity contribution in [3.63, 3.8) is 0 Å². The number of carboxylic acid groups (broad SMARTS) is 2. The molecule has 3 rings (SSSR count). The topological polar surface area (TPSA) is 279 Å². The molecule has 0 saturated carbocycles. The van der Waals surface area contributed by atoms with Crippen molar-refractivity contribution in [1.82, 2.24) is 31.2 Å². The summed E-state index contributed by atoms with van der Waals surface area (Å²) in [5, 5.41) is 31.7. The van der Waals surface area contributed by atoms with Crippen LogP contribution >= 0.6 is 0 Å². The van der Waals surface area contributed by atoms with Crippen molar-refractivity contribution in [2.24, 2.45) is 5.92 Å². The summed E-state index contributed by atoms with van der Waals surface area (Å²) in [6, 6.07) is 0.107. The van der Waals surface area contributed by atoms with Crippen LogP contribution in [-0.2, 0) is 40.0 Å². The molecule has 0 bridgehead atoms. The molecule has 0 radical (unpaired) electrons. The minimum absolute atomic E-state index is 0.0385. The Morgan fingerprint density at radius 1 is 0.843 bits per heavy atom. The van der Waals surface area contributed by atoms with Crippen LogP contribution in [0.5, 0.6) is 0 Å². The Kier molecular flexibility index (Phi) is 14.0. The van der Waals surface area contributed by atoms with Crippen molar-refractivity contribution in [3.05, 3.63) is 58.5 Å². The summed E-state index contributed by atoms with van der Waals surface area (Å²) in [5.74, 6) is -6.87. The van der Waals surface area contributed by atoms with Crippen LogP contribution in [-0.4, -0.2) is 85.8 Å². The van der Waals surface area contributed by atoms with Gasteiger partial charge in [-0.15, -0.1) is 0 Å². The van der Waals surface area contributed by atoms with Gasteiger partial charge in [0.1, 0.15) is 29.8 Å². The fourth-order valence-electron chi connectivity index (χ4n) is 5.14. The van der Waals surface area contributed by atoms with E-state index in [-0.39, 0.29) is 36.5 Å². The maximum absolute atomic E-state index is 13.7. The molecule has 3 aromatic rings. The van der Waals surface area contributed by atoms with Crippen LogP contribution in [0.25, 0.3) is 11.0 Å². The Bertz CT molecular complexity index is 1820. The lowest BCUT2D eigenvalue weighted by Crippen LogP contribution is -2.58. The minimum Gasteiger partial charge on any atom is -0.481 e. The molecule has 18 nitrogen and oxygen atoms in total. The molecule has 2 heterocycles. The standard InChI is InChI=1S/C33H41N7O11/c1-16(2)9-23(36-18(4)41)32(49)38-22(7-8-27(42)43)30(47)39-24(11-20-14-34-15-35-20)33(50)40-25(13-28(44)45)31(48)37-19-5-6-21-17(3)10-29(46)51-26(21)12-19/h5-6,10,12,14-16,22-25H,7-9,11,13H2,1-4H3,(H,34,35)(H,36,41)(H,37,48)(H,38,49)(H,39,47)(H,40,50)(H,42,43)(H,44,45)/t22-,23-,24-,25-/m1/s1. The zero-order valence-electron chi connectivity index (χ0n) is 28.4. The van der Waals surface area contributed by atoms with Crippen LogP contribution in [0.15, 0.2) is 46.0 Å². The molecule has 1 aromatic carbocycles. The van der Waals surface area contributed by atoms with Gasteiger partial charge in [-0.25, -0.2) is 9.78 Å². The molecule has 18 heteroatoms. The van der Waals surface area contributed by atoms with Gasteiger partial charge in [0.05, 0.1) is 12.7 Å². The number of hydrogen-bond donors (Lipinski definition) is 8. The lowest BCUT2D eigenvalue weighted by Gasteiger charge is -2.26.